The van der Waals surface area contributed by atoms with Crippen LogP contribution in [-0.4, -0.2) is 66.3 Å². The fourth-order valence-electron chi connectivity index (χ4n) is 7.98. The molecule has 2 aliphatic rings. The second kappa shape index (κ2) is 16.9. The molecule has 1 aliphatic heterocycles. The number of allylic oxidation sites excluding steroid dienone is 1. The van der Waals surface area contributed by atoms with Crippen molar-refractivity contribution >= 4 is 45.6 Å². The van der Waals surface area contributed by atoms with Gasteiger partial charge < -0.3 is 30.7 Å². The normalized spacial score (nSPS) is 17.8. The van der Waals surface area contributed by atoms with Gasteiger partial charge >= 0.3 is 0 Å². The molecule has 55 heavy (non-hydrogen) atoms. The summed E-state index contributed by atoms with van der Waals surface area (Å²) in [6, 6.07) is 15.7. The van der Waals surface area contributed by atoms with Gasteiger partial charge in [0.05, 0.1) is 28.8 Å². The highest BCUT2D eigenvalue weighted by Gasteiger charge is 2.28. The Bertz CT molecular complexity index is 2190. The van der Waals surface area contributed by atoms with Crippen LogP contribution in [0.15, 0.2) is 73.3 Å². The first-order valence-electron chi connectivity index (χ1n) is 19.3. The van der Waals surface area contributed by atoms with Gasteiger partial charge in [0.1, 0.15) is 5.52 Å². The van der Waals surface area contributed by atoms with Crippen molar-refractivity contribution in [3.05, 3.63) is 107 Å². The van der Waals surface area contributed by atoms with Crippen molar-refractivity contribution in [1.29, 1.82) is 0 Å². The molecular weight excluding hydrogens is 712 g/mol. The molecule has 1 saturated carbocycles. The van der Waals surface area contributed by atoms with E-state index in [0.717, 1.165) is 108 Å². The Balaban J connectivity index is 1.03. The molecule has 11 nitrogen and oxygen atoms in total. The van der Waals surface area contributed by atoms with Gasteiger partial charge in [0.15, 0.2) is 11.6 Å². The molecule has 1 atom stereocenters. The molecule has 5 aromatic rings. The topological polar surface area (TPSA) is 140 Å². The van der Waals surface area contributed by atoms with Gasteiger partial charge in [-0.1, -0.05) is 42.4 Å². The minimum absolute atomic E-state index is 0.00352. The molecular formula is C43H51ClN8O3. The lowest BCUT2D eigenvalue weighted by molar-refractivity contribution is 0.101. The van der Waals surface area contributed by atoms with Crippen LogP contribution in [-0.2, 0) is 26.6 Å². The van der Waals surface area contributed by atoms with Gasteiger partial charge in [0, 0.05) is 79.8 Å². The van der Waals surface area contributed by atoms with Crippen molar-refractivity contribution in [1.82, 2.24) is 29.7 Å². The summed E-state index contributed by atoms with van der Waals surface area (Å²) >= 11 is 7.06. The van der Waals surface area contributed by atoms with Gasteiger partial charge in [-0.25, -0.2) is 9.97 Å². The Morgan fingerprint density at radius 1 is 1.07 bits per heavy atom. The van der Waals surface area contributed by atoms with E-state index in [0.29, 0.717) is 40.6 Å². The smallest absolute Gasteiger partial charge is 0.291 e. The maximum atomic E-state index is 13.7. The molecule has 0 spiro atoms. The number of carbonyl (C=O) groups excluding carboxylic acids is 1. The molecule has 0 unspecified atom stereocenters. The first-order chi connectivity index (χ1) is 26.6. The summed E-state index contributed by atoms with van der Waals surface area (Å²) < 4.78 is 1.92. The van der Waals surface area contributed by atoms with Crippen molar-refractivity contribution in [2.24, 2.45) is 18.9 Å². The van der Waals surface area contributed by atoms with Gasteiger partial charge in [-0.2, -0.15) is 0 Å². The van der Waals surface area contributed by atoms with Gasteiger partial charge in [0.2, 0.25) is 0 Å². The quantitative estimate of drug-likeness (QED) is 0.0754. The van der Waals surface area contributed by atoms with Crippen LogP contribution in [0.2, 0.25) is 5.02 Å². The molecule has 2 aromatic carbocycles. The number of rotatable bonds is 13. The Morgan fingerprint density at radius 2 is 1.84 bits per heavy atom. The molecule has 288 valence electrons. The Labute approximate surface area is 327 Å². The maximum Gasteiger partial charge on any atom is 0.291 e. The number of nitrogens with one attached hydrogen (secondary N) is 3. The maximum absolute atomic E-state index is 13.7. The summed E-state index contributed by atoms with van der Waals surface area (Å²) in [5.41, 5.74) is 7.89. The van der Waals surface area contributed by atoms with Crippen molar-refractivity contribution in [3.63, 3.8) is 0 Å². The second-order valence-corrected chi connectivity index (χ2v) is 15.6. The van der Waals surface area contributed by atoms with E-state index in [4.69, 9.17) is 21.6 Å². The fourth-order valence-corrected chi connectivity index (χ4v) is 8.26. The zero-order valence-corrected chi connectivity index (χ0v) is 32.7. The number of anilines is 3. The summed E-state index contributed by atoms with van der Waals surface area (Å²) in [6.45, 7) is 11.1. The van der Waals surface area contributed by atoms with E-state index in [9.17, 15) is 15.0 Å². The number of hydrogen-bond donors (Lipinski definition) is 5. The number of fused-ring (bicyclic) bond motifs is 2. The van der Waals surface area contributed by atoms with Crippen molar-refractivity contribution in [3.8, 4) is 11.1 Å². The Morgan fingerprint density at radius 3 is 2.60 bits per heavy atom. The SMILES string of the molecule is C=C(O)C1CCC(CCN2CCc3c(nc(C(=O)Nc4cccc(-c5cccc(Nc6nccc7cc(CN[C@H](C)CO)cnc67)c5C)c4Cl)n3C)C2)CC1. The number of aromatic nitrogens is 4. The lowest BCUT2D eigenvalue weighted by Gasteiger charge is -2.31. The van der Waals surface area contributed by atoms with Crippen molar-refractivity contribution < 1.29 is 15.0 Å². The third kappa shape index (κ3) is 8.55. The van der Waals surface area contributed by atoms with Crippen LogP contribution in [0.1, 0.15) is 72.2 Å². The fraction of sp³-hybridized carbons (Fsp3) is 0.395. The largest absolute Gasteiger partial charge is 0.513 e. The molecule has 3 aromatic heterocycles. The molecule has 5 N–H and O–H groups in total. The predicted molar refractivity (Wildman–Crippen MR) is 220 cm³/mol. The monoisotopic (exact) mass is 762 g/mol. The minimum Gasteiger partial charge on any atom is -0.513 e. The van der Waals surface area contributed by atoms with Crippen molar-refractivity contribution in [2.45, 2.75) is 71.5 Å². The van der Waals surface area contributed by atoms with Crippen LogP contribution in [0.25, 0.3) is 22.0 Å². The van der Waals surface area contributed by atoms with E-state index in [1.165, 1.54) is 0 Å². The number of aliphatic hydroxyl groups is 2. The molecule has 1 fully saturated rings. The number of carbonyl (C=O) groups is 1. The molecule has 0 radical (unpaired) electrons. The van der Waals surface area contributed by atoms with Crippen LogP contribution in [0.3, 0.4) is 0 Å². The number of benzene rings is 2. The highest BCUT2D eigenvalue weighted by Crippen LogP contribution is 2.39. The van der Waals surface area contributed by atoms with Gasteiger partial charge in [0.25, 0.3) is 5.91 Å². The zero-order chi connectivity index (χ0) is 38.6. The van der Waals surface area contributed by atoms with Gasteiger partial charge in [-0.05, 0) is 99.4 Å². The summed E-state index contributed by atoms with van der Waals surface area (Å²) in [5, 5.41) is 30.4. The average Bonchev–Trinajstić information content (AvgIpc) is 3.53. The van der Waals surface area contributed by atoms with Crippen LogP contribution >= 0.6 is 11.6 Å². The summed E-state index contributed by atoms with van der Waals surface area (Å²) in [6.07, 6.45) is 9.89. The van der Waals surface area contributed by atoms with E-state index in [1.807, 2.05) is 74.1 Å². The number of halogens is 1. The molecule has 1 amide bonds. The second-order valence-electron chi connectivity index (χ2n) is 15.2. The molecule has 1 aliphatic carbocycles. The summed E-state index contributed by atoms with van der Waals surface area (Å²) in [7, 11) is 1.92. The van der Waals surface area contributed by atoms with Crippen molar-refractivity contribution in [2.75, 3.05) is 30.3 Å². The van der Waals surface area contributed by atoms with E-state index in [2.05, 4.69) is 38.5 Å². The molecule has 12 heteroatoms. The first-order valence-corrected chi connectivity index (χ1v) is 19.7. The Kier molecular flexibility index (Phi) is 11.8. The summed E-state index contributed by atoms with van der Waals surface area (Å²) in [4.78, 5) is 30.4. The lowest BCUT2D eigenvalue weighted by Crippen LogP contribution is -2.33. The molecule has 0 bridgehead atoms. The Hall–Kier alpha value is -4.81. The standard InChI is InChI=1S/C43H51ClN8O3/c1-26(25-53)46-22-30-21-32-15-18-45-41(40(32)47-23-30)48-35-9-5-7-33(27(35)2)34-8-6-10-36(39(34)44)50-43(55)42-49-37-24-52(20-17-38(37)51(42)4)19-16-29-11-13-31(14-12-29)28(3)54/h5-10,15,18,21,23,26,29,31,46,53-54H,3,11-14,16-17,19-20,22,24-25H2,1-2,4H3,(H,45,48)(H,50,55)/t26-,29?,31?/m1/s1. The number of pyridine rings is 2. The minimum atomic E-state index is -0.298. The number of nitrogens with zero attached hydrogens (tertiary/aromatic N) is 5. The predicted octanol–water partition coefficient (Wildman–Crippen LogP) is 8.08. The van der Waals surface area contributed by atoms with Gasteiger partial charge in [-0.15, -0.1) is 0 Å². The van der Waals surface area contributed by atoms with Crippen LogP contribution in [0.4, 0.5) is 17.2 Å². The van der Waals surface area contributed by atoms with Crippen LogP contribution < -0.4 is 16.0 Å². The molecule has 0 saturated heterocycles. The van der Waals surface area contributed by atoms with Crippen LogP contribution in [0.5, 0.6) is 0 Å². The average molecular weight is 763 g/mol. The number of imidazole rings is 1. The summed E-state index contributed by atoms with van der Waals surface area (Å²) in [5.74, 6) is 1.98. The van der Waals surface area contributed by atoms with E-state index >= 15 is 0 Å². The highest BCUT2D eigenvalue weighted by molar-refractivity contribution is 6.36. The number of hydrogen-bond acceptors (Lipinski definition) is 9. The van der Waals surface area contributed by atoms with E-state index < -0.39 is 0 Å². The van der Waals surface area contributed by atoms with Gasteiger partial charge in [-0.3, -0.25) is 14.7 Å². The third-order valence-corrected chi connectivity index (χ3v) is 11.8. The molecule has 7 rings (SSSR count). The zero-order valence-electron chi connectivity index (χ0n) is 31.9. The lowest BCUT2D eigenvalue weighted by atomic mass is 9.80. The number of amides is 1. The molecule has 4 heterocycles. The highest BCUT2D eigenvalue weighted by atomic mass is 35.5. The van der Waals surface area contributed by atoms with E-state index in [-0.39, 0.29) is 24.5 Å². The first kappa shape index (κ1) is 38.5. The third-order valence-electron chi connectivity index (χ3n) is 11.4. The number of aliphatic hydroxyl groups excluding tert-OH is 2. The van der Waals surface area contributed by atoms with E-state index in [1.54, 1.807) is 6.20 Å². The van der Waals surface area contributed by atoms with Crippen LogP contribution in [0, 0.1) is 18.8 Å².